The molecular weight excluding hydrogens is 324 g/mol. The highest BCUT2D eigenvalue weighted by Crippen LogP contribution is 2.27. The van der Waals surface area contributed by atoms with Gasteiger partial charge in [0, 0.05) is 16.8 Å². The van der Waals surface area contributed by atoms with Gasteiger partial charge in [-0.1, -0.05) is 54.1 Å². The molecule has 0 heterocycles. The number of aliphatic carboxylic acids is 1. The van der Waals surface area contributed by atoms with Crippen molar-refractivity contribution in [2.75, 3.05) is 0 Å². The highest BCUT2D eigenvalue weighted by Gasteiger charge is 2.22. The Kier molecular flexibility index (Phi) is 4.72. The van der Waals surface area contributed by atoms with Gasteiger partial charge in [-0.15, -0.1) is 0 Å². The summed E-state index contributed by atoms with van der Waals surface area (Å²) in [5.41, 5.74) is 1.86. The van der Waals surface area contributed by atoms with Gasteiger partial charge in [0.25, 0.3) is 0 Å². The molecule has 0 aliphatic heterocycles. The van der Waals surface area contributed by atoms with Crippen molar-refractivity contribution in [3.63, 3.8) is 0 Å². The molecule has 0 aliphatic carbocycles. The zero-order valence-electron chi connectivity index (χ0n) is 13.2. The van der Waals surface area contributed by atoms with Crippen molar-refractivity contribution >= 4 is 28.3 Å². The fourth-order valence-corrected chi connectivity index (χ4v) is 2.89. The minimum absolute atomic E-state index is 0.255. The monoisotopic (exact) mass is 340 g/mol. The summed E-state index contributed by atoms with van der Waals surface area (Å²) in [5.74, 6) is -0.428. The van der Waals surface area contributed by atoms with Crippen molar-refractivity contribution in [1.82, 2.24) is 0 Å². The first-order chi connectivity index (χ1) is 11.5. The Labute approximate surface area is 145 Å². The highest BCUT2D eigenvalue weighted by atomic mass is 35.5. The molecule has 0 radical (unpaired) electrons. The van der Waals surface area contributed by atoms with E-state index < -0.39 is 12.1 Å². The third kappa shape index (κ3) is 3.52. The van der Waals surface area contributed by atoms with Gasteiger partial charge in [0.1, 0.15) is 5.75 Å². The molecule has 3 aromatic carbocycles. The van der Waals surface area contributed by atoms with E-state index in [1.807, 2.05) is 49.4 Å². The lowest BCUT2D eigenvalue weighted by Gasteiger charge is -2.18. The molecule has 4 heteroatoms. The molecule has 0 saturated heterocycles. The van der Waals surface area contributed by atoms with Crippen LogP contribution in [-0.4, -0.2) is 17.2 Å². The molecule has 24 heavy (non-hydrogen) atoms. The summed E-state index contributed by atoms with van der Waals surface area (Å²) in [5, 5.41) is 12.1. The predicted octanol–water partition coefficient (Wildman–Crippen LogP) is 4.88. The number of benzene rings is 3. The lowest BCUT2D eigenvalue weighted by molar-refractivity contribution is -0.144. The number of carboxylic acids is 1. The van der Waals surface area contributed by atoms with E-state index in [2.05, 4.69) is 0 Å². The Balaban J connectivity index is 1.91. The van der Waals surface area contributed by atoms with Crippen LogP contribution in [0.2, 0.25) is 5.02 Å². The second-order valence-electron chi connectivity index (χ2n) is 5.70. The zero-order valence-corrected chi connectivity index (χ0v) is 14.0. The number of halogens is 1. The topological polar surface area (TPSA) is 46.5 Å². The van der Waals surface area contributed by atoms with Gasteiger partial charge < -0.3 is 9.84 Å². The smallest absolute Gasteiger partial charge is 0.345 e. The van der Waals surface area contributed by atoms with Gasteiger partial charge in [-0.05, 0) is 41.6 Å². The van der Waals surface area contributed by atoms with E-state index in [9.17, 15) is 9.90 Å². The van der Waals surface area contributed by atoms with Crippen molar-refractivity contribution in [3.8, 4) is 5.75 Å². The number of hydrogen-bond acceptors (Lipinski definition) is 2. The molecule has 1 atom stereocenters. The van der Waals surface area contributed by atoms with Crippen LogP contribution in [0.5, 0.6) is 5.75 Å². The molecule has 0 fully saturated rings. The van der Waals surface area contributed by atoms with Crippen LogP contribution in [0.4, 0.5) is 0 Å². The third-order valence-electron chi connectivity index (χ3n) is 4.01. The van der Waals surface area contributed by atoms with Gasteiger partial charge in [0.15, 0.2) is 6.10 Å². The number of fused-ring (bicyclic) bond motifs is 1. The van der Waals surface area contributed by atoms with Crippen LogP contribution >= 0.6 is 11.6 Å². The molecule has 122 valence electrons. The number of carbonyl (C=O) groups is 1. The molecular formula is C20H17ClO3. The van der Waals surface area contributed by atoms with Crippen molar-refractivity contribution in [3.05, 3.63) is 76.8 Å². The van der Waals surface area contributed by atoms with Gasteiger partial charge in [-0.2, -0.15) is 0 Å². The van der Waals surface area contributed by atoms with Gasteiger partial charge in [0.05, 0.1) is 0 Å². The fourth-order valence-electron chi connectivity index (χ4n) is 2.69. The van der Waals surface area contributed by atoms with Crippen LogP contribution in [-0.2, 0) is 11.2 Å². The number of hydrogen-bond donors (Lipinski definition) is 1. The van der Waals surface area contributed by atoms with Crippen LogP contribution in [0.1, 0.15) is 11.1 Å². The first-order valence-corrected chi connectivity index (χ1v) is 8.04. The van der Waals surface area contributed by atoms with Crippen molar-refractivity contribution < 1.29 is 14.6 Å². The van der Waals surface area contributed by atoms with Crippen molar-refractivity contribution in [2.24, 2.45) is 0 Å². The maximum absolute atomic E-state index is 11.7. The molecule has 0 bridgehead atoms. The van der Waals surface area contributed by atoms with E-state index in [0.29, 0.717) is 10.8 Å². The third-order valence-corrected chi connectivity index (χ3v) is 4.25. The van der Waals surface area contributed by atoms with E-state index in [-0.39, 0.29) is 6.42 Å². The summed E-state index contributed by atoms with van der Waals surface area (Å²) in [6.07, 6.45) is -0.724. The van der Waals surface area contributed by atoms with E-state index in [1.54, 1.807) is 18.2 Å². The van der Waals surface area contributed by atoms with Crippen molar-refractivity contribution in [2.45, 2.75) is 19.4 Å². The molecule has 0 amide bonds. The average Bonchev–Trinajstić information content (AvgIpc) is 2.57. The Morgan fingerprint density at radius 1 is 1.12 bits per heavy atom. The molecule has 1 N–H and O–H groups in total. The van der Waals surface area contributed by atoms with Crippen molar-refractivity contribution in [1.29, 1.82) is 0 Å². The van der Waals surface area contributed by atoms with E-state index in [4.69, 9.17) is 16.3 Å². The van der Waals surface area contributed by atoms with E-state index in [0.717, 1.165) is 21.9 Å². The van der Waals surface area contributed by atoms with Gasteiger partial charge in [-0.25, -0.2) is 4.79 Å². The Hall–Kier alpha value is -2.52. The number of rotatable bonds is 5. The summed E-state index contributed by atoms with van der Waals surface area (Å²) >= 11 is 6.03. The van der Waals surface area contributed by atoms with Gasteiger partial charge >= 0.3 is 5.97 Å². The molecule has 0 unspecified atom stereocenters. The second kappa shape index (κ2) is 6.93. The Morgan fingerprint density at radius 2 is 1.88 bits per heavy atom. The minimum Gasteiger partial charge on any atom is -0.478 e. The number of carboxylic acid groups (broad SMARTS) is 1. The Bertz CT molecular complexity index is 884. The van der Waals surface area contributed by atoms with E-state index in [1.165, 1.54) is 0 Å². The first-order valence-electron chi connectivity index (χ1n) is 7.67. The minimum atomic E-state index is -0.998. The molecule has 0 spiro atoms. The lowest BCUT2D eigenvalue weighted by Crippen LogP contribution is -2.29. The van der Waals surface area contributed by atoms with Crippen LogP contribution in [0.15, 0.2) is 60.7 Å². The Morgan fingerprint density at radius 3 is 2.67 bits per heavy atom. The fraction of sp³-hybridized carbons (Fsp3) is 0.150. The maximum Gasteiger partial charge on any atom is 0.345 e. The highest BCUT2D eigenvalue weighted by molar-refractivity contribution is 6.30. The molecule has 3 nitrogen and oxygen atoms in total. The normalized spacial score (nSPS) is 12.1. The average molecular weight is 341 g/mol. The number of ether oxygens (including phenoxy) is 1. The molecule has 0 saturated carbocycles. The zero-order chi connectivity index (χ0) is 17.1. The standard InChI is InChI=1S/C20H17ClO3/c1-13-9-10-16(21)11-15(13)12-19(20(22)23)24-18-8-4-6-14-5-2-3-7-17(14)18/h2-11,19H,12H2,1H3,(H,22,23)/t19-/m0/s1. The summed E-state index contributed by atoms with van der Waals surface area (Å²) in [7, 11) is 0. The van der Waals surface area contributed by atoms with E-state index >= 15 is 0 Å². The summed E-state index contributed by atoms with van der Waals surface area (Å²) in [6, 6.07) is 18.8. The van der Waals surface area contributed by atoms with Gasteiger partial charge in [-0.3, -0.25) is 0 Å². The lowest BCUT2D eigenvalue weighted by atomic mass is 10.0. The quantitative estimate of drug-likeness (QED) is 0.720. The molecule has 3 aromatic rings. The van der Waals surface area contributed by atoms with Crippen LogP contribution < -0.4 is 4.74 Å². The van der Waals surface area contributed by atoms with Crippen LogP contribution in [0.25, 0.3) is 10.8 Å². The van der Waals surface area contributed by atoms with Crippen LogP contribution in [0.3, 0.4) is 0 Å². The summed E-state index contributed by atoms with van der Waals surface area (Å²) in [4.78, 5) is 11.7. The summed E-state index contributed by atoms with van der Waals surface area (Å²) in [6.45, 7) is 1.93. The van der Waals surface area contributed by atoms with Crippen LogP contribution in [0, 0.1) is 6.92 Å². The molecule has 0 aliphatic rings. The predicted molar refractivity (Wildman–Crippen MR) is 95.9 cm³/mol. The molecule has 0 aromatic heterocycles. The molecule has 3 rings (SSSR count). The summed E-state index contributed by atoms with van der Waals surface area (Å²) < 4.78 is 5.85. The maximum atomic E-state index is 11.7. The second-order valence-corrected chi connectivity index (χ2v) is 6.13. The SMILES string of the molecule is Cc1ccc(Cl)cc1C[C@H](Oc1cccc2ccccc12)C(=O)O. The number of aryl methyl sites for hydroxylation is 1. The largest absolute Gasteiger partial charge is 0.478 e. The van der Waals surface area contributed by atoms with Gasteiger partial charge in [0.2, 0.25) is 0 Å². The first kappa shape index (κ1) is 16.3.